The predicted molar refractivity (Wildman–Crippen MR) is 51.8 cm³/mol. The Kier molecular flexibility index (Phi) is 5.70. The minimum absolute atomic E-state index is 0.250. The average Bonchev–Trinajstić information content (AvgIpc) is 2.00. The second kappa shape index (κ2) is 5.99. The van der Waals surface area contributed by atoms with Gasteiger partial charge in [0.25, 0.3) is 0 Å². The van der Waals surface area contributed by atoms with Crippen LogP contribution in [0.25, 0.3) is 0 Å². The van der Waals surface area contributed by atoms with Gasteiger partial charge in [-0.1, -0.05) is 0 Å². The fraction of sp³-hybridized carbons (Fsp3) is 0.778. The van der Waals surface area contributed by atoms with Gasteiger partial charge in [0.2, 0.25) is 0 Å². The van der Waals surface area contributed by atoms with Crippen LogP contribution in [-0.2, 0) is 25.8 Å². The van der Waals surface area contributed by atoms with Crippen LogP contribution in [0.4, 0.5) is 4.79 Å². The number of carbonyl (C=O) groups excluding carboxylic acids is 2. The van der Waals surface area contributed by atoms with E-state index in [1.165, 1.54) is 0 Å². The van der Waals surface area contributed by atoms with Crippen molar-refractivity contribution in [2.45, 2.75) is 39.3 Å². The van der Waals surface area contributed by atoms with Gasteiger partial charge in [-0.05, 0) is 0 Å². The Morgan fingerprint density at radius 1 is 1.40 bits per heavy atom. The summed E-state index contributed by atoms with van der Waals surface area (Å²) < 4.78 is 5.00. The molecule has 0 saturated carbocycles. The van der Waals surface area contributed by atoms with Crippen molar-refractivity contribution in [3.05, 3.63) is 0 Å². The SMILES string of the molecule is CC(NC(=O)OC(C)(C)C)C(=O)N[CH2][Cr]. The van der Waals surface area contributed by atoms with Crippen LogP contribution in [-0.4, -0.2) is 29.1 Å². The number of hydrogen-bond donors (Lipinski definition) is 2. The van der Waals surface area contributed by atoms with Crippen LogP contribution in [0.3, 0.4) is 0 Å². The Labute approximate surface area is 98.4 Å². The predicted octanol–water partition coefficient (Wildman–Crippen LogP) is 0.520. The Hall–Kier alpha value is -0.728. The molecule has 0 saturated heterocycles. The molecule has 15 heavy (non-hydrogen) atoms. The Morgan fingerprint density at radius 3 is 2.33 bits per heavy atom. The average molecular weight is 253 g/mol. The third-order valence-electron chi connectivity index (χ3n) is 1.37. The molecule has 5 nitrogen and oxygen atoms in total. The molecule has 0 heterocycles. The molecule has 0 bridgehead atoms. The molecule has 0 spiro atoms. The molecule has 0 radical (unpaired) electrons. The van der Waals surface area contributed by atoms with E-state index >= 15 is 0 Å². The molecule has 2 amide bonds. The van der Waals surface area contributed by atoms with Crippen molar-refractivity contribution in [1.29, 1.82) is 0 Å². The molecule has 0 rings (SSSR count). The summed E-state index contributed by atoms with van der Waals surface area (Å²) in [7, 11) is 0. The van der Waals surface area contributed by atoms with Gasteiger partial charge in [0.1, 0.15) is 0 Å². The third-order valence-corrected chi connectivity index (χ3v) is 1.60. The molecule has 6 heteroatoms. The quantitative estimate of drug-likeness (QED) is 0.770. The Balaban J connectivity index is 4.02. The van der Waals surface area contributed by atoms with Crippen LogP contribution in [0.1, 0.15) is 27.7 Å². The van der Waals surface area contributed by atoms with Crippen molar-refractivity contribution in [3.8, 4) is 0 Å². The topological polar surface area (TPSA) is 67.4 Å². The Bertz CT molecular complexity index is 238. The normalized spacial score (nSPS) is 12.8. The van der Waals surface area contributed by atoms with Crippen molar-refractivity contribution >= 4 is 12.0 Å². The fourth-order valence-corrected chi connectivity index (χ4v) is 0.996. The van der Waals surface area contributed by atoms with Crippen LogP contribution in [0.5, 0.6) is 0 Å². The second-order valence-corrected chi connectivity index (χ2v) is 4.50. The molecule has 1 atom stereocenters. The van der Waals surface area contributed by atoms with E-state index in [2.05, 4.69) is 26.9 Å². The summed E-state index contributed by atoms with van der Waals surface area (Å²) in [5.41, 5.74) is -0.557. The van der Waals surface area contributed by atoms with Gasteiger partial charge in [-0.25, -0.2) is 0 Å². The van der Waals surface area contributed by atoms with E-state index in [-0.39, 0.29) is 5.91 Å². The van der Waals surface area contributed by atoms with E-state index in [9.17, 15) is 9.59 Å². The number of alkyl carbamates (subject to hydrolysis) is 1. The van der Waals surface area contributed by atoms with Crippen LogP contribution in [0, 0.1) is 0 Å². The van der Waals surface area contributed by atoms with E-state index in [4.69, 9.17) is 4.74 Å². The second-order valence-electron chi connectivity index (χ2n) is 4.05. The van der Waals surface area contributed by atoms with Gasteiger partial charge in [0, 0.05) is 0 Å². The summed E-state index contributed by atoms with van der Waals surface area (Å²) >= 11 is 2.64. The molecule has 87 valence electrons. The Morgan fingerprint density at radius 2 is 1.93 bits per heavy atom. The van der Waals surface area contributed by atoms with Crippen molar-refractivity contribution < 1.29 is 30.6 Å². The van der Waals surface area contributed by atoms with Gasteiger partial charge < -0.3 is 0 Å². The molecule has 0 aromatic rings. The van der Waals surface area contributed by atoms with Crippen molar-refractivity contribution in [3.63, 3.8) is 0 Å². The summed E-state index contributed by atoms with van der Waals surface area (Å²) in [6, 6.07) is -0.604. The zero-order valence-electron chi connectivity index (χ0n) is 9.42. The number of hydrogen-bond acceptors (Lipinski definition) is 3. The number of carbonyl (C=O) groups is 2. The zero-order valence-corrected chi connectivity index (χ0v) is 10.7. The van der Waals surface area contributed by atoms with Crippen molar-refractivity contribution in [1.82, 2.24) is 10.6 Å². The number of rotatable bonds is 3. The van der Waals surface area contributed by atoms with Crippen molar-refractivity contribution in [2.75, 3.05) is 5.41 Å². The van der Waals surface area contributed by atoms with Crippen LogP contribution >= 0.6 is 0 Å². The van der Waals surface area contributed by atoms with E-state index in [0.29, 0.717) is 5.41 Å². The summed E-state index contributed by atoms with van der Waals surface area (Å²) in [5, 5.41) is 5.40. The summed E-state index contributed by atoms with van der Waals surface area (Å²) in [6.45, 7) is 6.88. The van der Waals surface area contributed by atoms with Crippen LogP contribution < -0.4 is 10.6 Å². The van der Waals surface area contributed by atoms with Crippen LogP contribution in [0.15, 0.2) is 0 Å². The first kappa shape index (κ1) is 14.3. The minimum atomic E-state index is -0.604. The first-order valence-corrected chi connectivity index (χ1v) is 5.51. The van der Waals surface area contributed by atoms with Gasteiger partial charge in [-0.3, -0.25) is 0 Å². The standard InChI is InChI=1S/C9H17N2O3.Cr/c1-6(7(12)10-5)11-8(13)14-9(2,3)4;/h6H,5H2,1-4H3,(H,10,12)(H,11,13);. The number of nitrogens with one attached hydrogen (secondary N) is 2. The molecule has 0 aliphatic rings. The van der Waals surface area contributed by atoms with Gasteiger partial charge in [-0.2, -0.15) is 0 Å². The number of amides is 2. The third kappa shape index (κ3) is 7.23. The molecule has 0 aromatic carbocycles. The number of ether oxygens (including phenoxy) is 1. The van der Waals surface area contributed by atoms with Gasteiger partial charge in [-0.15, -0.1) is 0 Å². The maximum atomic E-state index is 11.3. The fourth-order valence-electron chi connectivity index (χ4n) is 0.774. The molecule has 1 unspecified atom stereocenters. The van der Waals surface area contributed by atoms with E-state index in [1.807, 2.05) is 0 Å². The van der Waals surface area contributed by atoms with Gasteiger partial charge in [0.15, 0.2) is 0 Å². The molecule has 0 aliphatic heterocycles. The van der Waals surface area contributed by atoms with Crippen LogP contribution in [0.2, 0.25) is 0 Å². The molecular weight excluding hydrogens is 236 g/mol. The first-order chi connectivity index (χ1) is 6.76. The molecule has 2 N–H and O–H groups in total. The van der Waals surface area contributed by atoms with E-state index in [1.54, 1.807) is 27.7 Å². The summed E-state index contributed by atoms with van der Waals surface area (Å²) in [4.78, 5) is 22.5. The molecule has 0 aliphatic carbocycles. The monoisotopic (exact) mass is 253 g/mol. The van der Waals surface area contributed by atoms with Crippen molar-refractivity contribution in [2.24, 2.45) is 0 Å². The van der Waals surface area contributed by atoms with E-state index < -0.39 is 17.7 Å². The molecule has 0 fully saturated rings. The summed E-state index contributed by atoms with van der Waals surface area (Å²) in [6.07, 6.45) is -0.592. The summed E-state index contributed by atoms with van der Waals surface area (Å²) in [5.74, 6) is -0.250. The van der Waals surface area contributed by atoms with E-state index in [0.717, 1.165) is 0 Å². The van der Waals surface area contributed by atoms with Gasteiger partial charge in [0.05, 0.1) is 0 Å². The molecule has 0 aromatic heterocycles. The zero-order chi connectivity index (χ0) is 12.1. The molecular formula is C9H17CrN2O3. The maximum absolute atomic E-state index is 11.3. The van der Waals surface area contributed by atoms with Gasteiger partial charge >= 0.3 is 98.0 Å². The first-order valence-electron chi connectivity index (χ1n) is 4.61.